The number of rotatable bonds is 6. The summed E-state index contributed by atoms with van der Waals surface area (Å²) in [6.45, 7) is 4.39. The molecule has 1 atom stereocenters. The summed E-state index contributed by atoms with van der Waals surface area (Å²) in [4.78, 5) is 53.6. The first-order valence-corrected chi connectivity index (χ1v) is 13.7. The Kier molecular flexibility index (Phi) is 7.67. The van der Waals surface area contributed by atoms with E-state index in [2.05, 4.69) is 10.6 Å². The topological polar surface area (TPSA) is 105 Å². The molecule has 2 heterocycles. The number of benzene rings is 2. The van der Waals surface area contributed by atoms with Crippen molar-refractivity contribution in [3.8, 4) is 0 Å². The van der Waals surface area contributed by atoms with Crippen molar-refractivity contribution >= 4 is 40.1 Å². The Labute approximate surface area is 233 Å². The van der Waals surface area contributed by atoms with Gasteiger partial charge in [-0.1, -0.05) is 11.6 Å². The van der Waals surface area contributed by atoms with Crippen LogP contribution in [0.25, 0.3) is 10.9 Å². The van der Waals surface area contributed by atoms with Gasteiger partial charge in [-0.2, -0.15) is 0 Å². The van der Waals surface area contributed by atoms with E-state index in [1.165, 1.54) is 26.2 Å². The largest absolute Gasteiger partial charge is 0.347 e. The van der Waals surface area contributed by atoms with Gasteiger partial charge in [0.05, 0.1) is 27.2 Å². The van der Waals surface area contributed by atoms with E-state index in [9.17, 15) is 23.6 Å². The second-order valence-corrected chi connectivity index (χ2v) is 11.2. The molecule has 5 rings (SSSR count). The highest BCUT2D eigenvalue weighted by Crippen LogP contribution is 2.30. The molecule has 1 saturated heterocycles. The van der Waals surface area contributed by atoms with Crippen LogP contribution in [0.2, 0.25) is 5.02 Å². The van der Waals surface area contributed by atoms with E-state index < -0.39 is 40.9 Å². The maximum absolute atomic E-state index is 15.2. The lowest BCUT2D eigenvalue weighted by atomic mass is 10.1. The van der Waals surface area contributed by atoms with Gasteiger partial charge >= 0.3 is 11.7 Å². The maximum atomic E-state index is 15.2. The molecule has 12 heteroatoms. The van der Waals surface area contributed by atoms with Crippen LogP contribution in [0, 0.1) is 17.6 Å². The minimum Gasteiger partial charge on any atom is -0.347 e. The minimum absolute atomic E-state index is 0.00584. The van der Waals surface area contributed by atoms with Gasteiger partial charge in [0.1, 0.15) is 11.6 Å². The number of halogens is 3. The summed E-state index contributed by atoms with van der Waals surface area (Å²) in [6.07, 6.45) is 3.05. The lowest BCUT2D eigenvalue weighted by molar-refractivity contribution is 0.0912. The molecule has 1 aliphatic heterocycles. The fraction of sp³-hybridized carbons (Fsp3) is 0.429. The first-order chi connectivity index (χ1) is 19.0. The van der Waals surface area contributed by atoms with Crippen molar-refractivity contribution in [3.05, 3.63) is 73.4 Å². The van der Waals surface area contributed by atoms with Gasteiger partial charge in [-0.25, -0.2) is 18.4 Å². The molecule has 9 nitrogen and oxygen atoms in total. The van der Waals surface area contributed by atoms with Crippen LogP contribution in [-0.2, 0) is 6.54 Å². The van der Waals surface area contributed by atoms with Crippen molar-refractivity contribution in [1.29, 1.82) is 0 Å². The quantitative estimate of drug-likeness (QED) is 0.452. The van der Waals surface area contributed by atoms with Gasteiger partial charge in [0.2, 0.25) is 0 Å². The fourth-order valence-electron chi connectivity index (χ4n) is 5.12. The highest BCUT2D eigenvalue weighted by molar-refractivity contribution is 6.33. The number of carbonyl (C=O) groups is 2. The fourth-order valence-corrected chi connectivity index (χ4v) is 5.32. The molecule has 2 N–H and O–H groups in total. The molecular formula is C28H30ClF2N5O4. The summed E-state index contributed by atoms with van der Waals surface area (Å²) in [5, 5.41) is 5.58. The second kappa shape index (κ2) is 11.0. The van der Waals surface area contributed by atoms with E-state index in [0.29, 0.717) is 25.9 Å². The predicted molar refractivity (Wildman–Crippen MR) is 148 cm³/mol. The first-order valence-electron chi connectivity index (χ1n) is 13.3. The van der Waals surface area contributed by atoms with Crippen molar-refractivity contribution in [2.45, 2.75) is 58.2 Å². The Bertz CT molecular complexity index is 1610. The third-order valence-electron chi connectivity index (χ3n) is 7.37. The third-order valence-corrected chi connectivity index (χ3v) is 7.70. The summed E-state index contributed by atoms with van der Waals surface area (Å²) in [6, 6.07) is 4.54. The van der Waals surface area contributed by atoms with Crippen LogP contribution in [-0.4, -0.2) is 45.1 Å². The number of aromatic nitrogens is 2. The number of piperidine rings is 1. The van der Waals surface area contributed by atoms with Gasteiger partial charge in [-0.15, -0.1) is 0 Å². The lowest BCUT2D eigenvalue weighted by Gasteiger charge is -2.33. The summed E-state index contributed by atoms with van der Waals surface area (Å²) in [7, 11) is 0. The molecule has 1 unspecified atom stereocenters. The Morgan fingerprint density at radius 3 is 2.55 bits per heavy atom. The van der Waals surface area contributed by atoms with Crippen molar-refractivity contribution in [2.75, 3.05) is 18.4 Å². The van der Waals surface area contributed by atoms with E-state index in [0.717, 1.165) is 31.0 Å². The van der Waals surface area contributed by atoms with Crippen LogP contribution in [0.15, 0.2) is 39.9 Å². The smallest absolute Gasteiger partial charge is 0.331 e. The molecule has 3 amide bonds. The minimum atomic E-state index is -0.781. The Morgan fingerprint density at radius 2 is 1.85 bits per heavy atom. The third kappa shape index (κ3) is 5.60. The highest BCUT2D eigenvalue weighted by atomic mass is 35.5. The normalized spacial score (nSPS) is 17.4. The Morgan fingerprint density at radius 1 is 1.10 bits per heavy atom. The molecule has 1 aliphatic carbocycles. The molecule has 1 saturated carbocycles. The van der Waals surface area contributed by atoms with Crippen LogP contribution in [0.3, 0.4) is 0 Å². The zero-order chi connectivity index (χ0) is 28.7. The summed E-state index contributed by atoms with van der Waals surface area (Å²) in [5.41, 5.74) is -1.01. The molecule has 2 aliphatic rings. The maximum Gasteiger partial charge on any atom is 0.331 e. The number of likely N-dealkylation sites (tertiary alicyclic amines) is 1. The van der Waals surface area contributed by atoms with E-state index in [4.69, 9.17) is 11.6 Å². The van der Waals surface area contributed by atoms with E-state index in [1.54, 1.807) is 13.8 Å². The monoisotopic (exact) mass is 573 g/mol. The van der Waals surface area contributed by atoms with Crippen LogP contribution in [0.5, 0.6) is 0 Å². The number of amides is 3. The van der Waals surface area contributed by atoms with Crippen LogP contribution in [0.1, 0.15) is 55.9 Å². The molecule has 0 spiro atoms. The van der Waals surface area contributed by atoms with Gasteiger partial charge in [0.15, 0.2) is 0 Å². The molecule has 3 aromatic rings. The molecule has 2 aromatic carbocycles. The SMILES string of the molecule is CC(C)n1c(=O)n(CC2CC2)c(=O)c2cc(NC(=O)N3CCCC(NC(=O)c4cc(F)ccc4Cl)C3)c(F)cc21. The average Bonchev–Trinajstić information content (AvgIpc) is 3.73. The number of hydrogen-bond acceptors (Lipinski definition) is 4. The second-order valence-electron chi connectivity index (χ2n) is 10.8. The van der Waals surface area contributed by atoms with Crippen molar-refractivity contribution in [2.24, 2.45) is 5.92 Å². The van der Waals surface area contributed by atoms with Crippen LogP contribution < -0.4 is 21.9 Å². The van der Waals surface area contributed by atoms with Gasteiger partial charge in [0, 0.05) is 37.8 Å². The van der Waals surface area contributed by atoms with E-state index in [1.807, 2.05) is 0 Å². The lowest BCUT2D eigenvalue weighted by Crippen LogP contribution is -2.50. The zero-order valence-corrected chi connectivity index (χ0v) is 22.9. The molecule has 40 heavy (non-hydrogen) atoms. The Hall–Kier alpha value is -3.73. The van der Waals surface area contributed by atoms with Gasteiger partial charge in [0.25, 0.3) is 11.5 Å². The predicted octanol–water partition coefficient (Wildman–Crippen LogP) is 4.51. The number of carbonyl (C=O) groups excluding carboxylic acids is 2. The summed E-state index contributed by atoms with van der Waals surface area (Å²) in [5.74, 6) is -1.67. The Balaban J connectivity index is 1.36. The number of fused-ring (bicyclic) bond motifs is 1. The van der Waals surface area contributed by atoms with Gasteiger partial charge < -0.3 is 15.5 Å². The van der Waals surface area contributed by atoms with Crippen LogP contribution >= 0.6 is 11.6 Å². The molecule has 212 valence electrons. The average molecular weight is 574 g/mol. The standard InChI is InChI=1S/C28H30ClF2N5O4/c1-15(2)36-24-12-22(31)23(11-20(24)26(38)35(28(36)40)13-16-5-6-16)33-27(39)34-9-3-4-18(14-34)32-25(37)19-10-17(30)7-8-21(19)29/h7-8,10-12,15-16,18H,3-6,9,13-14H2,1-2H3,(H,32,37)(H,33,39). The molecule has 1 aromatic heterocycles. The molecule has 0 radical (unpaired) electrons. The van der Waals surface area contributed by atoms with Gasteiger partial charge in [-0.3, -0.25) is 18.7 Å². The number of anilines is 1. The number of nitrogens with zero attached hydrogens (tertiary/aromatic N) is 3. The number of nitrogens with one attached hydrogen (secondary N) is 2. The van der Waals surface area contributed by atoms with E-state index in [-0.39, 0.29) is 45.7 Å². The van der Waals surface area contributed by atoms with Gasteiger partial charge in [-0.05, 0) is 69.7 Å². The van der Waals surface area contributed by atoms with Crippen LogP contribution in [0.4, 0.5) is 19.3 Å². The summed E-state index contributed by atoms with van der Waals surface area (Å²) < 4.78 is 31.4. The first kappa shape index (κ1) is 27.8. The zero-order valence-electron chi connectivity index (χ0n) is 22.2. The molecular weight excluding hydrogens is 544 g/mol. The van der Waals surface area contributed by atoms with E-state index >= 15 is 4.39 Å². The number of hydrogen-bond donors (Lipinski definition) is 2. The molecule has 0 bridgehead atoms. The molecule has 2 fully saturated rings. The number of urea groups is 1. The van der Waals surface area contributed by atoms with Crippen molar-refractivity contribution in [1.82, 2.24) is 19.4 Å². The summed E-state index contributed by atoms with van der Waals surface area (Å²) >= 11 is 6.04. The van der Waals surface area contributed by atoms with Crippen molar-refractivity contribution < 1.29 is 18.4 Å². The van der Waals surface area contributed by atoms with Crippen molar-refractivity contribution in [3.63, 3.8) is 0 Å². The highest BCUT2D eigenvalue weighted by Gasteiger charge is 2.28.